The highest BCUT2D eigenvalue weighted by atomic mass is 35.5. The molecule has 1 amide bonds. The predicted molar refractivity (Wildman–Crippen MR) is 142 cm³/mol. The molecule has 0 aliphatic heterocycles. The number of nitrogens with one attached hydrogen (secondary N) is 1. The lowest BCUT2D eigenvalue weighted by atomic mass is 10.0. The Bertz CT molecular complexity index is 1600. The fourth-order valence-electron chi connectivity index (χ4n) is 3.79. The number of rotatable bonds is 5. The highest BCUT2D eigenvalue weighted by Crippen LogP contribution is 2.25. The fraction of sp³-hybridized carbons (Fsp3) is 0.0345. The molecule has 0 fully saturated rings. The normalized spacial score (nSPS) is 11.2. The standard InChI is InChI=1S/C29H20ClFN4O/c1-18-7-12-25-21(13-18)14-23(28(30)34-25)17-32-35-29(36)22-15-26(19-5-3-2-4-6-19)33-27(16-22)20-8-10-24(31)11-9-20/h2-17H,1H3,(H,35,36)/b32-17+. The van der Waals surface area contributed by atoms with Gasteiger partial charge in [-0.3, -0.25) is 4.79 Å². The van der Waals surface area contributed by atoms with E-state index in [0.717, 1.165) is 22.0 Å². The molecular weight excluding hydrogens is 475 g/mol. The lowest BCUT2D eigenvalue weighted by molar-refractivity contribution is 0.0955. The summed E-state index contributed by atoms with van der Waals surface area (Å²) >= 11 is 6.31. The molecule has 1 N–H and O–H groups in total. The number of hydrogen-bond acceptors (Lipinski definition) is 4. The summed E-state index contributed by atoms with van der Waals surface area (Å²) in [5.41, 5.74) is 8.09. The Balaban J connectivity index is 1.45. The molecule has 2 heterocycles. The molecule has 0 aliphatic rings. The number of halogens is 2. The minimum absolute atomic E-state index is 0.290. The minimum atomic E-state index is -0.421. The molecule has 0 spiro atoms. The van der Waals surface area contributed by atoms with Crippen LogP contribution in [0.5, 0.6) is 0 Å². The highest BCUT2D eigenvalue weighted by Gasteiger charge is 2.13. The van der Waals surface area contributed by atoms with Crippen LogP contribution in [0.3, 0.4) is 0 Å². The maximum absolute atomic E-state index is 13.5. The van der Waals surface area contributed by atoms with E-state index >= 15 is 0 Å². The second-order valence-electron chi connectivity index (χ2n) is 8.26. The second kappa shape index (κ2) is 10.1. The van der Waals surface area contributed by atoms with Crippen LogP contribution in [0.1, 0.15) is 21.5 Å². The smallest absolute Gasteiger partial charge is 0.267 e. The van der Waals surface area contributed by atoms with Crippen LogP contribution in [0, 0.1) is 12.7 Å². The lowest BCUT2D eigenvalue weighted by Gasteiger charge is -2.09. The first-order chi connectivity index (χ1) is 17.5. The SMILES string of the molecule is Cc1ccc2nc(Cl)c(/C=N/NC(=O)c3cc(-c4ccccc4)nc(-c4ccc(F)cc4)c3)cc2c1. The zero-order chi connectivity index (χ0) is 25.1. The van der Waals surface area contributed by atoms with E-state index in [1.165, 1.54) is 18.3 Å². The zero-order valence-corrected chi connectivity index (χ0v) is 20.0. The summed E-state index contributed by atoms with van der Waals surface area (Å²) < 4.78 is 13.5. The molecule has 0 saturated carbocycles. The number of carbonyl (C=O) groups excluding carboxylic acids is 1. The predicted octanol–water partition coefficient (Wildman–Crippen LogP) is 6.83. The zero-order valence-electron chi connectivity index (χ0n) is 19.2. The van der Waals surface area contributed by atoms with E-state index < -0.39 is 5.91 Å². The summed E-state index contributed by atoms with van der Waals surface area (Å²) in [6, 6.07) is 26.6. The van der Waals surface area contributed by atoms with Gasteiger partial charge >= 0.3 is 0 Å². The van der Waals surface area contributed by atoms with Crippen LogP contribution in [0.25, 0.3) is 33.4 Å². The van der Waals surface area contributed by atoms with E-state index in [9.17, 15) is 9.18 Å². The monoisotopic (exact) mass is 494 g/mol. The van der Waals surface area contributed by atoms with Crippen molar-refractivity contribution in [1.29, 1.82) is 0 Å². The lowest BCUT2D eigenvalue weighted by Crippen LogP contribution is -2.18. The molecule has 5 rings (SSSR count). The van der Waals surface area contributed by atoms with Crippen LogP contribution in [0.15, 0.2) is 96.1 Å². The van der Waals surface area contributed by atoms with Gasteiger partial charge in [-0.1, -0.05) is 53.6 Å². The maximum atomic E-state index is 13.5. The highest BCUT2D eigenvalue weighted by molar-refractivity contribution is 6.32. The first-order valence-corrected chi connectivity index (χ1v) is 11.6. The number of carbonyl (C=O) groups is 1. The summed E-state index contributed by atoms with van der Waals surface area (Å²) in [4.78, 5) is 22.1. The number of hydrazone groups is 1. The third-order valence-electron chi connectivity index (χ3n) is 5.62. The first kappa shape index (κ1) is 23.3. The van der Waals surface area contributed by atoms with E-state index in [2.05, 4.69) is 15.5 Å². The molecule has 7 heteroatoms. The number of fused-ring (bicyclic) bond motifs is 1. The van der Waals surface area contributed by atoms with Crippen LogP contribution in [-0.2, 0) is 0 Å². The van der Waals surface area contributed by atoms with Gasteiger partial charge in [-0.15, -0.1) is 0 Å². The molecule has 0 radical (unpaired) electrons. The Kier molecular flexibility index (Phi) is 6.52. The molecule has 0 unspecified atom stereocenters. The van der Waals surface area contributed by atoms with Gasteiger partial charge in [0.1, 0.15) is 11.0 Å². The van der Waals surface area contributed by atoms with Crippen molar-refractivity contribution >= 4 is 34.6 Å². The average Bonchev–Trinajstić information content (AvgIpc) is 2.90. The molecule has 0 saturated heterocycles. The van der Waals surface area contributed by atoms with Crippen molar-refractivity contribution in [3.63, 3.8) is 0 Å². The Labute approximate surface area is 212 Å². The summed E-state index contributed by atoms with van der Waals surface area (Å²) in [5.74, 6) is -0.767. The summed E-state index contributed by atoms with van der Waals surface area (Å²) in [6.45, 7) is 2.00. The molecule has 5 aromatic rings. The molecule has 36 heavy (non-hydrogen) atoms. The van der Waals surface area contributed by atoms with Crippen LogP contribution in [0.4, 0.5) is 4.39 Å². The van der Waals surface area contributed by atoms with Gasteiger partial charge in [0.25, 0.3) is 5.91 Å². The van der Waals surface area contributed by atoms with Gasteiger partial charge in [-0.05, 0) is 61.5 Å². The van der Waals surface area contributed by atoms with Crippen molar-refractivity contribution in [2.75, 3.05) is 0 Å². The van der Waals surface area contributed by atoms with E-state index in [1.807, 2.05) is 61.5 Å². The number of pyridine rings is 2. The summed E-state index contributed by atoms with van der Waals surface area (Å²) in [5, 5.41) is 5.32. The quantitative estimate of drug-likeness (QED) is 0.165. The second-order valence-corrected chi connectivity index (χ2v) is 8.62. The molecule has 0 bridgehead atoms. The third kappa shape index (κ3) is 5.14. The average molecular weight is 495 g/mol. The number of benzene rings is 3. The van der Waals surface area contributed by atoms with E-state index in [-0.39, 0.29) is 5.82 Å². The van der Waals surface area contributed by atoms with Gasteiger partial charge < -0.3 is 0 Å². The largest absolute Gasteiger partial charge is 0.271 e. The maximum Gasteiger partial charge on any atom is 0.271 e. The molecular formula is C29H20ClFN4O. The molecule has 0 atom stereocenters. The molecule has 3 aromatic carbocycles. The van der Waals surface area contributed by atoms with E-state index in [1.54, 1.807) is 24.3 Å². The summed E-state index contributed by atoms with van der Waals surface area (Å²) in [7, 11) is 0. The van der Waals surface area contributed by atoms with Crippen LogP contribution in [-0.4, -0.2) is 22.1 Å². The Morgan fingerprint density at radius 3 is 2.31 bits per heavy atom. The Morgan fingerprint density at radius 2 is 1.58 bits per heavy atom. The van der Waals surface area contributed by atoms with Gasteiger partial charge in [0, 0.05) is 27.6 Å². The number of amides is 1. The summed E-state index contributed by atoms with van der Waals surface area (Å²) in [6.07, 6.45) is 1.47. The number of aryl methyl sites for hydroxylation is 1. The van der Waals surface area contributed by atoms with Gasteiger partial charge in [-0.2, -0.15) is 5.10 Å². The topological polar surface area (TPSA) is 67.2 Å². The van der Waals surface area contributed by atoms with Crippen molar-refractivity contribution in [2.24, 2.45) is 5.10 Å². The molecule has 5 nitrogen and oxygen atoms in total. The Morgan fingerprint density at radius 1 is 0.889 bits per heavy atom. The number of hydrogen-bond donors (Lipinski definition) is 1. The van der Waals surface area contributed by atoms with Crippen molar-refractivity contribution < 1.29 is 9.18 Å². The molecule has 2 aromatic heterocycles. The number of aromatic nitrogens is 2. The fourth-order valence-corrected chi connectivity index (χ4v) is 3.99. The van der Waals surface area contributed by atoms with E-state index in [0.29, 0.717) is 33.2 Å². The minimum Gasteiger partial charge on any atom is -0.267 e. The molecule has 176 valence electrons. The van der Waals surface area contributed by atoms with Crippen LogP contribution in [0.2, 0.25) is 5.15 Å². The third-order valence-corrected chi connectivity index (χ3v) is 5.92. The van der Waals surface area contributed by atoms with E-state index in [4.69, 9.17) is 16.6 Å². The van der Waals surface area contributed by atoms with Gasteiger partial charge in [0.15, 0.2) is 0 Å². The Hall–Kier alpha value is -4.42. The van der Waals surface area contributed by atoms with Crippen LogP contribution < -0.4 is 5.43 Å². The molecule has 0 aliphatic carbocycles. The van der Waals surface area contributed by atoms with Crippen molar-refractivity contribution in [2.45, 2.75) is 6.92 Å². The van der Waals surface area contributed by atoms with Gasteiger partial charge in [0.2, 0.25) is 0 Å². The van der Waals surface area contributed by atoms with Crippen molar-refractivity contribution in [3.8, 4) is 22.5 Å². The first-order valence-electron chi connectivity index (χ1n) is 11.2. The van der Waals surface area contributed by atoms with Crippen molar-refractivity contribution in [1.82, 2.24) is 15.4 Å². The van der Waals surface area contributed by atoms with Gasteiger partial charge in [-0.25, -0.2) is 19.8 Å². The van der Waals surface area contributed by atoms with Gasteiger partial charge in [0.05, 0.1) is 23.1 Å². The number of nitrogens with zero attached hydrogens (tertiary/aromatic N) is 3. The van der Waals surface area contributed by atoms with Crippen molar-refractivity contribution in [3.05, 3.63) is 119 Å². The van der Waals surface area contributed by atoms with Crippen LogP contribution >= 0.6 is 11.6 Å².